The third-order valence-electron chi connectivity index (χ3n) is 7.72. The van der Waals surface area contributed by atoms with Gasteiger partial charge in [0.2, 0.25) is 11.8 Å². The number of nitrogens with one attached hydrogen (secondary N) is 2. The maximum atomic E-state index is 13.8. The fourth-order valence-electron chi connectivity index (χ4n) is 5.42. The van der Waals surface area contributed by atoms with E-state index in [1.807, 2.05) is 0 Å². The Bertz CT molecular complexity index is 1220. The minimum Gasteiger partial charge on any atom is -0.490 e. The number of fused-ring (bicyclic) bond motifs is 2. The number of rotatable bonds is 6. The molecule has 10 heteroatoms. The summed E-state index contributed by atoms with van der Waals surface area (Å²) < 4.78 is 31.4. The highest BCUT2D eigenvalue weighted by molar-refractivity contribution is 6.00. The summed E-state index contributed by atoms with van der Waals surface area (Å²) in [4.78, 5) is 40.3. The van der Waals surface area contributed by atoms with Gasteiger partial charge < -0.3 is 29.7 Å². The topological polar surface area (TPSA) is 106 Å². The number of anilines is 1. The molecule has 0 aromatic heterocycles. The lowest BCUT2D eigenvalue weighted by molar-refractivity contribution is -0.134. The van der Waals surface area contributed by atoms with Crippen molar-refractivity contribution in [2.75, 3.05) is 32.2 Å². The molecule has 208 valence electrons. The average Bonchev–Trinajstić information content (AvgIpc) is 2.95. The second-order valence-electron chi connectivity index (χ2n) is 10.3. The summed E-state index contributed by atoms with van der Waals surface area (Å²) >= 11 is 0. The molecule has 9 nitrogen and oxygen atoms in total. The van der Waals surface area contributed by atoms with E-state index >= 15 is 0 Å². The molecule has 2 fully saturated rings. The maximum Gasteiger partial charge on any atom is 0.257 e. The summed E-state index contributed by atoms with van der Waals surface area (Å²) in [6.07, 6.45) is 2.01. The Labute approximate surface area is 227 Å². The van der Waals surface area contributed by atoms with Gasteiger partial charge in [0.05, 0.1) is 24.1 Å². The Morgan fingerprint density at radius 2 is 1.87 bits per heavy atom. The van der Waals surface area contributed by atoms with Crippen LogP contribution in [-0.2, 0) is 25.6 Å². The van der Waals surface area contributed by atoms with Gasteiger partial charge in [-0.25, -0.2) is 4.39 Å². The van der Waals surface area contributed by atoms with Gasteiger partial charge in [-0.05, 0) is 49.9 Å². The molecule has 3 heterocycles. The summed E-state index contributed by atoms with van der Waals surface area (Å²) in [6, 6.07) is 11.2. The van der Waals surface area contributed by atoms with Gasteiger partial charge in [-0.3, -0.25) is 14.4 Å². The van der Waals surface area contributed by atoms with E-state index in [9.17, 15) is 18.8 Å². The Kier molecular flexibility index (Phi) is 8.42. The maximum absolute atomic E-state index is 13.8. The summed E-state index contributed by atoms with van der Waals surface area (Å²) in [5, 5.41) is 5.69. The molecule has 0 spiro atoms. The van der Waals surface area contributed by atoms with E-state index in [2.05, 4.69) is 10.6 Å². The number of hydrogen-bond acceptors (Lipinski definition) is 6. The number of nitrogens with zero attached hydrogens (tertiary/aromatic N) is 1. The average molecular weight is 540 g/mol. The zero-order valence-corrected chi connectivity index (χ0v) is 22.0. The van der Waals surface area contributed by atoms with Crippen molar-refractivity contribution in [1.29, 1.82) is 0 Å². The first-order chi connectivity index (χ1) is 18.9. The van der Waals surface area contributed by atoms with Crippen LogP contribution < -0.4 is 15.4 Å². The van der Waals surface area contributed by atoms with Crippen molar-refractivity contribution in [2.24, 2.45) is 5.92 Å². The molecule has 0 bridgehead atoms. The van der Waals surface area contributed by atoms with E-state index < -0.39 is 6.10 Å². The standard InChI is InChI=1S/C29H34FN3O6/c1-33-24-8-7-21(15-27(34)31-16-19-4-2-3-5-23(19)30)39-26(24)17-38-25-9-6-20(14-22(25)29(33)36)32-28(35)18-10-12-37-13-11-18/h2-6,9,14,18,21,24,26H,7-8,10-13,15-17H2,1H3,(H,31,34)(H,32,35)/t21-,24-,26+/m0/s1. The molecule has 2 N–H and O–H groups in total. The molecule has 0 radical (unpaired) electrons. The SMILES string of the molecule is CN1C(=O)c2cc(NC(=O)C3CCOCC3)ccc2OC[C@H]2O[C@H](CC(=O)NCc3ccccc3F)CC[C@@H]21. The van der Waals surface area contributed by atoms with Crippen molar-refractivity contribution in [2.45, 2.75) is 56.9 Å². The number of amides is 3. The molecular weight excluding hydrogens is 505 g/mol. The van der Waals surface area contributed by atoms with Crippen molar-refractivity contribution >= 4 is 23.4 Å². The van der Waals surface area contributed by atoms with E-state index in [0.717, 1.165) is 0 Å². The van der Waals surface area contributed by atoms with Crippen LogP contribution in [0.1, 0.15) is 48.0 Å². The first-order valence-electron chi connectivity index (χ1n) is 13.5. The van der Waals surface area contributed by atoms with Gasteiger partial charge in [0.25, 0.3) is 5.91 Å². The molecular formula is C29H34FN3O6. The van der Waals surface area contributed by atoms with Crippen molar-refractivity contribution < 1.29 is 33.0 Å². The Morgan fingerprint density at radius 3 is 2.67 bits per heavy atom. The lowest BCUT2D eigenvalue weighted by Gasteiger charge is -2.42. The highest BCUT2D eigenvalue weighted by Gasteiger charge is 2.39. The van der Waals surface area contributed by atoms with Gasteiger partial charge in [0.15, 0.2) is 0 Å². The lowest BCUT2D eigenvalue weighted by Crippen LogP contribution is -2.53. The van der Waals surface area contributed by atoms with Crippen LogP contribution in [0.4, 0.5) is 10.1 Å². The first-order valence-corrected chi connectivity index (χ1v) is 13.5. The first kappa shape index (κ1) is 27.1. The molecule has 5 rings (SSSR count). The summed E-state index contributed by atoms with van der Waals surface area (Å²) in [6.45, 7) is 1.47. The van der Waals surface area contributed by atoms with Gasteiger partial charge in [-0.1, -0.05) is 18.2 Å². The number of halogens is 1. The Hall–Kier alpha value is -3.50. The number of ether oxygens (including phenoxy) is 3. The van der Waals surface area contributed by atoms with Gasteiger partial charge in [-0.15, -0.1) is 0 Å². The van der Waals surface area contributed by atoms with Gasteiger partial charge in [0.1, 0.15) is 24.3 Å². The number of benzene rings is 2. The van der Waals surface area contributed by atoms with Crippen LogP contribution in [0.2, 0.25) is 0 Å². The molecule has 2 aromatic rings. The molecule has 0 unspecified atom stereocenters. The van der Waals surface area contributed by atoms with E-state index in [4.69, 9.17) is 14.2 Å². The van der Waals surface area contributed by atoms with Gasteiger partial charge >= 0.3 is 0 Å². The monoisotopic (exact) mass is 539 g/mol. The molecule has 3 aliphatic heterocycles. The molecule has 3 atom stereocenters. The van der Waals surface area contributed by atoms with Crippen molar-refractivity contribution in [3.05, 3.63) is 59.4 Å². The van der Waals surface area contributed by atoms with Gasteiger partial charge in [0, 0.05) is 44.0 Å². The molecule has 0 saturated carbocycles. The predicted molar refractivity (Wildman–Crippen MR) is 141 cm³/mol. The summed E-state index contributed by atoms with van der Waals surface area (Å²) in [5.74, 6) is -0.559. The molecule has 2 aromatic carbocycles. The van der Waals surface area contributed by atoms with Crippen LogP contribution in [-0.4, -0.2) is 67.7 Å². The van der Waals surface area contributed by atoms with Crippen LogP contribution in [0, 0.1) is 11.7 Å². The van der Waals surface area contributed by atoms with Crippen LogP contribution in [0.3, 0.4) is 0 Å². The second kappa shape index (κ2) is 12.1. The third kappa shape index (κ3) is 6.39. The van der Waals surface area contributed by atoms with Crippen LogP contribution in [0.5, 0.6) is 5.75 Å². The number of carbonyl (C=O) groups is 3. The number of hydrogen-bond donors (Lipinski definition) is 2. The minimum atomic E-state index is -0.405. The van der Waals surface area contributed by atoms with Crippen molar-refractivity contribution in [3.63, 3.8) is 0 Å². The fraction of sp³-hybridized carbons (Fsp3) is 0.483. The molecule has 0 aliphatic carbocycles. The predicted octanol–water partition coefficient (Wildman–Crippen LogP) is 3.28. The summed E-state index contributed by atoms with van der Waals surface area (Å²) in [5.41, 5.74) is 1.36. The van der Waals surface area contributed by atoms with E-state index in [1.165, 1.54) is 6.07 Å². The highest BCUT2D eigenvalue weighted by Crippen LogP contribution is 2.33. The largest absolute Gasteiger partial charge is 0.490 e. The molecule has 2 saturated heterocycles. The van der Waals surface area contributed by atoms with E-state index in [0.29, 0.717) is 61.5 Å². The van der Waals surface area contributed by atoms with Crippen molar-refractivity contribution in [3.8, 4) is 5.75 Å². The Balaban J connectivity index is 1.20. The third-order valence-corrected chi connectivity index (χ3v) is 7.72. The van der Waals surface area contributed by atoms with Crippen LogP contribution in [0.25, 0.3) is 0 Å². The van der Waals surface area contributed by atoms with Crippen molar-refractivity contribution in [1.82, 2.24) is 10.2 Å². The molecule has 3 aliphatic rings. The zero-order valence-electron chi connectivity index (χ0n) is 22.0. The lowest BCUT2D eigenvalue weighted by atomic mass is 9.94. The number of carbonyl (C=O) groups excluding carboxylic acids is 3. The quantitative estimate of drug-likeness (QED) is 0.584. The minimum absolute atomic E-state index is 0.0736. The Morgan fingerprint density at radius 1 is 1.08 bits per heavy atom. The van der Waals surface area contributed by atoms with E-state index in [-0.39, 0.29) is 61.2 Å². The fourth-order valence-corrected chi connectivity index (χ4v) is 5.42. The normalized spacial score (nSPS) is 23.5. The van der Waals surface area contributed by atoms with E-state index in [1.54, 1.807) is 48.3 Å². The second-order valence-corrected chi connectivity index (χ2v) is 10.3. The molecule has 3 amide bonds. The van der Waals surface area contributed by atoms with Crippen LogP contribution >= 0.6 is 0 Å². The molecule has 39 heavy (non-hydrogen) atoms. The van der Waals surface area contributed by atoms with Gasteiger partial charge in [-0.2, -0.15) is 0 Å². The number of likely N-dealkylation sites (N-methyl/N-ethyl adjacent to an activating group) is 1. The zero-order chi connectivity index (χ0) is 27.4. The van der Waals surface area contributed by atoms with Crippen LogP contribution in [0.15, 0.2) is 42.5 Å². The highest BCUT2D eigenvalue weighted by atomic mass is 19.1. The summed E-state index contributed by atoms with van der Waals surface area (Å²) in [7, 11) is 1.74. The smallest absolute Gasteiger partial charge is 0.257 e.